The first kappa shape index (κ1) is 15.1. The third-order valence-corrected chi connectivity index (χ3v) is 3.40. The zero-order chi connectivity index (χ0) is 15.7. The second-order valence-electron chi connectivity index (χ2n) is 4.38. The van der Waals surface area contributed by atoms with E-state index in [4.69, 9.17) is 20.8 Å². The van der Waals surface area contributed by atoms with Gasteiger partial charge in [-0.25, -0.2) is 4.79 Å². The van der Waals surface area contributed by atoms with Crippen LogP contribution in [0.15, 0.2) is 22.6 Å². The number of nitro benzene ring substituents is 1. The minimum atomic E-state index is -0.577. The first-order valence-electron chi connectivity index (χ1n) is 5.99. The Kier molecular flexibility index (Phi) is 3.99. The van der Waals surface area contributed by atoms with Gasteiger partial charge >= 0.3 is 5.97 Å². The van der Waals surface area contributed by atoms with Crippen molar-refractivity contribution in [3.63, 3.8) is 0 Å². The number of furan rings is 1. The molecule has 0 aliphatic heterocycles. The Balaban J connectivity index is 2.70. The highest BCUT2D eigenvalue weighted by atomic mass is 35.5. The molecule has 0 saturated heterocycles. The average Bonchev–Trinajstić information content (AvgIpc) is 2.73. The summed E-state index contributed by atoms with van der Waals surface area (Å²) in [7, 11) is 1.26. The van der Waals surface area contributed by atoms with Crippen LogP contribution in [0.2, 0.25) is 5.02 Å². The van der Waals surface area contributed by atoms with Crippen LogP contribution in [0, 0.1) is 24.0 Å². The third kappa shape index (κ3) is 2.62. The lowest BCUT2D eigenvalue weighted by Crippen LogP contribution is -2.03. The number of ether oxygens (including phenoxy) is 1. The van der Waals surface area contributed by atoms with Gasteiger partial charge in [-0.2, -0.15) is 0 Å². The number of carbonyl (C=O) groups excluding carboxylic acids is 1. The van der Waals surface area contributed by atoms with Gasteiger partial charge in [-0.3, -0.25) is 10.1 Å². The fraction of sp³-hybridized carbons (Fsp3) is 0.214. The number of benzene rings is 1. The molecule has 0 radical (unpaired) electrons. The van der Waals surface area contributed by atoms with Gasteiger partial charge in [0.2, 0.25) is 0 Å². The standard InChI is InChI=1S/C14H12ClNO5/c1-7-12(13(8(2)21-7)14(17)20-3)9-4-5-10(15)11(6-9)16(18)19/h4-6H,1-3H3. The lowest BCUT2D eigenvalue weighted by atomic mass is 10.00. The average molecular weight is 310 g/mol. The Labute approximate surface area is 125 Å². The maximum Gasteiger partial charge on any atom is 0.342 e. The van der Waals surface area contributed by atoms with Crippen LogP contribution in [0.1, 0.15) is 21.9 Å². The van der Waals surface area contributed by atoms with Gasteiger partial charge in [0, 0.05) is 11.6 Å². The Morgan fingerprint density at radius 2 is 2.00 bits per heavy atom. The van der Waals surface area contributed by atoms with Crippen LogP contribution in [-0.4, -0.2) is 18.0 Å². The van der Waals surface area contributed by atoms with E-state index in [1.165, 1.54) is 19.2 Å². The quantitative estimate of drug-likeness (QED) is 0.487. The molecule has 1 aromatic carbocycles. The highest BCUT2D eigenvalue weighted by molar-refractivity contribution is 6.32. The van der Waals surface area contributed by atoms with E-state index in [2.05, 4.69) is 0 Å². The third-order valence-electron chi connectivity index (χ3n) is 3.08. The predicted molar refractivity (Wildman–Crippen MR) is 76.6 cm³/mol. The molecule has 0 N–H and O–H groups in total. The lowest BCUT2D eigenvalue weighted by Gasteiger charge is -2.05. The molecule has 6 nitrogen and oxygen atoms in total. The van der Waals surface area contributed by atoms with Crippen molar-refractivity contribution in [2.45, 2.75) is 13.8 Å². The smallest absolute Gasteiger partial charge is 0.342 e. The van der Waals surface area contributed by atoms with Gasteiger partial charge in [0.05, 0.1) is 12.0 Å². The predicted octanol–water partition coefficient (Wildman–Crippen LogP) is 3.91. The molecule has 2 rings (SSSR count). The van der Waals surface area contributed by atoms with Crippen molar-refractivity contribution in [3.05, 3.63) is 50.4 Å². The van der Waals surface area contributed by atoms with E-state index in [9.17, 15) is 14.9 Å². The molecule has 2 aromatic rings. The number of aryl methyl sites for hydroxylation is 2. The van der Waals surface area contributed by atoms with E-state index in [-0.39, 0.29) is 16.3 Å². The van der Waals surface area contributed by atoms with Crippen molar-refractivity contribution in [1.82, 2.24) is 0 Å². The Morgan fingerprint density at radius 1 is 1.33 bits per heavy atom. The van der Waals surface area contributed by atoms with E-state index < -0.39 is 10.9 Å². The molecule has 0 bridgehead atoms. The maximum atomic E-state index is 11.9. The van der Waals surface area contributed by atoms with Crippen LogP contribution < -0.4 is 0 Å². The number of methoxy groups -OCH3 is 1. The van der Waals surface area contributed by atoms with Gasteiger partial charge in [-0.1, -0.05) is 17.7 Å². The number of hydrogen-bond donors (Lipinski definition) is 0. The van der Waals surface area contributed by atoms with Crippen LogP contribution in [0.3, 0.4) is 0 Å². The van der Waals surface area contributed by atoms with E-state index in [1.807, 2.05) is 0 Å². The molecule has 0 aliphatic carbocycles. The summed E-state index contributed by atoms with van der Waals surface area (Å²) in [5.41, 5.74) is 0.967. The van der Waals surface area contributed by atoms with E-state index >= 15 is 0 Å². The zero-order valence-corrected chi connectivity index (χ0v) is 12.4. The van der Waals surface area contributed by atoms with Crippen LogP contribution in [0.25, 0.3) is 11.1 Å². The topological polar surface area (TPSA) is 82.6 Å². The molecular weight excluding hydrogens is 298 g/mol. The fourth-order valence-corrected chi connectivity index (χ4v) is 2.37. The van der Waals surface area contributed by atoms with Crippen LogP contribution in [-0.2, 0) is 4.74 Å². The molecule has 0 spiro atoms. The first-order chi connectivity index (χ1) is 9.86. The van der Waals surface area contributed by atoms with Crippen molar-refractivity contribution in [3.8, 4) is 11.1 Å². The molecule has 0 fully saturated rings. The summed E-state index contributed by atoms with van der Waals surface area (Å²) in [5, 5.41) is 11.0. The first-order valence-corrected chi connectivity index (χ1v) is 6.37. The number of rotatable bonds is 3. The van der Waals surface area contributed by atoms with Crippen molar-refractivity contribution in [2.24, 2.45) is 0 Å². The van der Waals surface area contributed by atoms with Gasteiger partial charge in [0.15, 0.2) is 0 Å². The number of carbonyl (C=O) groups is 1. The van der Waals surface area contributed by atoms with Crippen LogP contribution in [0.4, 0.5) is 5.69 Å². The van der Waals surface area contributed by atoms with E-state index in [0.717, 1.165) is 0 Å². The van der Waals surface area contributed by atoms with Gasteiger partial charge in [0.25, 0.3) is 5.69 Å². The number of nitro groups is 1. The second kappa shape index (κ2) is 5.57. The van der Waals surface area contributed by atoms with Crippen molar-refractivity contribution in [2.75, 3.05) is 7.11 Å². The maximum absolute atomic E-state index is 11.9. The van der Waals surface area contributed by atoms with Gasteiger partial charge in [-0.15, -0.1) is 0 Å². The van der Waals surface area contributed by atoms with Crippen LogP contribution >= 0.6 is 11.6 Å². The Bertz CT molecular complexity index is 735. The zero-order valence-electron chi connectivity index (χ0n) is 11.6. The number of halogens is 1. The van der Waals surface area contributed by atoms with Gasteiger partial charge in [-0.05, 0) is 25.5 Å². The van der Waals surface area contributed by atoms with Crippen molar-refractivity contribution >= 4 is 23.3 Å². The summed E-state index contributed by atoms with van der Waals surface area (Å²) in [6.07, 6.45) is 0. The largest absolute Gasteiger partial charge is 0.465 e. The van der Waals surface area contributed by atoms with Crippen molar-refractivity contribution < 1.29 is 18.9 Å². The second-order valence-corrected chi connectivity index (χ2v) is 4.79. The minimum Gasteiger partial charge on any atom is -0.465 e. The molecule has 1 heterocycles. The molecule has 0 amide bonds. The molecule has 0 atom stereocenters. The Morgan fingerprint density at radius 3 is 2.57 bits per heavy atom. The molecular formula is C14H12ClNO5. The highest BCUT2D eigenvalue weighted by Gasteiger charge is 2.25. The number of hydrogen-bond acceptors (Lipinski definition) is 5. The fourth-order valence-electron chi connectivity index (χ4n) is 2.19. The molecule has 21 heavy (non-hydrogen) atoms. The summed E-state index contributed by atoms with van der Waals surface area (Å²) in [6, 6.07) is 4.32. The molecule has 0 saturated carbocycles. The van der Waals surface area contributed by atoms with Gasteiger partial charge in [0.1, 0.15) is 22.1 Å². The van der Waals surface area contributed by atoms with Crippen molar-refractivity contribution in [1.29, 1.82) is 0 Å². The summed E-state index contributed by atoms with van der Waals surface area (Å²) in [5.74, 6) is 0.313. The Hall–Kier alpha value is -2.34. The SMILES string of the molecule is COC(=O)c1c(C)oc(C)c1-c1ccc(Cl)c([N+](=O)[O-])c1. The van der Waals surface area contributed by atoms with Gasteiger partial charge < -0.3 is 9.15 Å². The van der Waals surface area contributed by atoms with E-state index in [0.29, 0.717) is 22.6 Å². The normalized spacial score (nSPS) is 10.5. The number of esters is 1. The molecule has 0 aliphatic rings. The summed E-state index contributed by atoms with van der Waals surface area (Å²) in [6.45, 7) is 3.31. The summed E-state index contributed by atoms with van der Waals surface area (Å²) in [4.78, 5) is 22.3. The molecule has 7 heteroatoms. The lowest BCUT2D eigenvalue weighted by molar-refractivity contribution is -0.384. The number of nitrogens with zero attached hydrogens (tertiary/aromatic N) is 1. The minimum absolute atomic E-state index is 0.0289. The van der Waals surface area contributed by atoms with E-state index in [1.54, 1.807) is 19.9 Å². The summed E-state index contributed by atoms with van der Waals surface area (Å²) < 4.78 is 10.2. The highest BCUT2D eigenvalue weighted by Crippen LogP contribution is 2.36. The molecule has 1 aromatic heterocycles. The van der Waals surface area contributed by atoms with Crippen LogP contribution in [0.5, 0.6) is 0 Å². The molecule has 110 valence electrons. The molecule has 0 unspecified atom stereocenters. The monoisotopic (exact) mass is 309 g/mol. The summed E-state index contributed by atoms with van der Waals surface area (Å²) >= 11 is 5.80.